The maximum absolute atomic E-state index is 10.7. The highest BCUT2D eigenvalue weighted by Crippen LogP contribution is 2.21. The summed E-state index contributed by atoms with van der Waals surface area (Å²) in [5.41, 5.74) is 6.75. The van der Waals surface area contributed by atoms with E-state index in [0.29, 0.717) is 16.2 Å². The average molecular weight is 251 g/mol. The monoisotopic (exact) mass is 250 g/mol. The quantitative estimate of drug-likeness (QED) is 0.872. The molecule has 0 aliphatic rings. The maximum atomic E-state index is 10.7. The summed E-state index contributed by atoms with van der Waals surface area (Å²) >= 11 is 6.02. The number of carbonyl (C=O) groups is 1. The van der Waals surface area contributed by atoms with Crippen LogP contribution in [0.2, 0.25) is 5.02 Å². The number of nitrogens with zero attached hydrogens (tertiary/aromatic N) is 1. The minimum atomic E-state index is -1.04. The Labute approximate surface area is 103 Å². The second-order valence-corrected chi connectivity index (χ2v) is 4.17. The third-order valence-electron chi connectivity index (χ3n) is 2.47. The number of fused-ring (bicyclic) bond motifs is 1. The molecule has 1 unspecified atom stereocenters. The first-order chi connectivity index (χ1) is 8.08. The highest BCUT2D eigenvalue weighted by molar-refractivity contribution is 6.35. The summed E-state index contributed by atoms with van der Waals surface area (Å²) in [6.07, 6.45) is 0.191. The molecule has 0 fully saturated rings. The van der Waals surface area contributed by atoms with Crippen LogP contribution in [0.5, 0.6) is 0 Å². The largest absolute Gasteiger partial charge is 0.480 e. The third kappa shape index (κ3) is 2.54. The number of rotatable bonds is 3. The number of nitrogens with two attached hydrogens (primary N) is 1. The molecule has 2 aromatic rings. The number of halogens is 1. The number of aromatic nitrogens is 1. The molecular formula is C12H11ClN2O2. The van der Waals surface area contributed by atoms with Gasteiger partial charge in [-0.05, 0) is 12.1 Å². The number of hydrogen-bond acceptors (Lipinski definition) is 3. The summed E-state index contributed by atoms with van der Waals surface area (Å²) in [5.74, 6) is -1.04. The molecule has 1 atom stereocenters. The van der Waals surface area contributed by atoms with Crippen LogP contribution >= 0.6 is 11.6 Å². The van der Waals surface area contributed by atoms with Crippen LogP contribution in [-0.2, 0) is 11.2 Å². The van der Waals surface area contributed by atoms with Gasteiger partial charge in [-0.3, -0.25) is 9.78 Å². The number of aliphatic carboxylic acids is 1. The summed E-state index contributed by atoms with van der Waals surface area (Å²) in [5, 5.41) is 10.2. The maximum Gasteiger partial charge on any atom is 0.320 e. The minimum absolute atomic E-state index is 0.191. The van der Waals surface area contributed by atoms with Gasteiger partial charge in [0, 0.05) is 17.5 Å². The Kier molecular flexibility index (Phi) is 3.26. The smallest absolute Gasteiger partial charge is 0.320 e. The number of carboxylic acid groups (broad SMARTS) is 1. The molecule has 5 heteroatoms. The van der Waals surface area contributed by atoms with Gasteiger partial charge in [0.1, 0.15) is 6.04 Å². The first-order valence-corrected chi connectivity index (χ1v) is 5.48. The van der Waals surface area contributed by atoms with Crippen LogP contribution in [0, 0.1) is 0 Å². The van der Waals surface area contributed by atoms with Gasteiger partial charge in [-0.2, -0.15) is 0 Å². The van der Waals surface area contributed by atoms with Gasteiger partial charge in [-0.15, -0.1) is 0 Å². The fourth-order valence-electron chi connectivity index (χ4n) is 1.58. The van der Waals surface area contributed by atoms with Gasteiger partial charge in [-0.25, -0.2) is 0 Å². The standard InChI is InChI=1S/C12H11ClN2O2/c13-9-3-1-2-7-4-5-8(15-11(7)9)6-10(14)12(16)17/h1-5,10H,6,14H2,(H,16,17). The van der Waals surface area contributed by atoms with Crippen molar-refractivity contribution in [3.63, 3.8) is 0 Å². The first kappa shape index (κ1) is 11.8. The van der Waals surface area contributed by atoms with Crippen LogP contribution in [-0.4, -0.2) is 22.1 Å². The van der Waals surface area contributed by atoms with Crippen molar-refractivity contribution in [1.82, 2.24) is 4.98 Å². The normalized spacial score (nSPS) is 12.6. The van der Waals surface area contributed by atoms with Crippen LogP contribution in [0.25, 0.3) is 10.9 Å². The van der Waals surface area contributed by atoms with E-state index in [-0.39, 0.29) is 6.42 Å². The Morgan fingerprint density at radius 2 is 2.18 bits per heavy atom. The number of hydrogen-bond donors (Lipinski definition) is 2. The van der Waals surface area contributed by atoms with Crippen molar-refractivity contribution in [2.45, 2.75) is 12.5 Å². The van der Waals surface area contributed by atoms with Crippen molar-refractivity contribution in [3.05, 3.63) is 41.0 Å². The van der Waals surface area contributed by atoms with E-state index in [1.807, 2.05) is 18.2 Å². The molecule has 0 saturated carbocycles. The molecule has 1 aromatic carbocycles. The number of pyridine rings is 1. The van der Waals surface area contributed by atoms with Gasteiger partial charge in [-0.1, -0.05) is 29.8 Å². The Morgan fingerprint density at radius 1 is 1.41 bits per heavy atom. The Bertz CT molecular complexity index is 571. The highest BCUT2D eigenvalue weighted by atomic mass is 35.5. The van der Waals surface area contributed by atoms with Gasteiger partial charge in [0.15, 0.2) is 0 Å². The molecule has 0 radical (unpaired) electrons. The van der Waals surface area contributed by atoms with Crippen molar-refractivity contribution >= 4 is 28.5 Å². The fourth-order valence-corrected chi connectivity index (χ4v) is 1.80. The van der Waals surface area contributed by atoms with Crippen LogP contribution in [0.15, 0.2) is 30.3 Å². The lowest BCUT2D eigenvalue weighted by Crippen LogP contribution is -2.32. The first-order valence-electron chi connectivity index (χ1n) is 5.10. The second-order valence-electron chi connectivity index (χ2n) is 3.76. The van der Waals surface area contributed by atoms with E-state index in [0.717, 1.165) is 5.39 Å². The van der Waals surface area contributed by atoms with Gasteiger partial charge < -0.3 is 10.8 Å². The van der Waals surface area contributed by atoms with E-state index in [4.69, 9.17) is 22.4 Å². The molecule has 17 heavy (non-hydrogen) atoms. The summed E-state index contributed by atoms with van der Waals surface area (Å²) in [7, 11) is 0. The molecule has 1 aromatic heterocycles. The number of carboxylic acids is 1. The zero-order valence-corrected chi connectivity index (χ0v) is 9.69. The lowest BCUT2D eigenvalue weighted by atomic mass is 10.1. The van der Waals surface area contributed by atoms with Crippen molar-refractivity contribution in [2.75, 3.05) is 0 Å². The van der Waals surface area contributed by atoms with Gasteiger partial charge in [0.05, 0.1) is 10.5 Å². The van der Waals surface area contributed by atoms with Gasteiger partial charge in [0.25, 0.3) is 0 Å². The van der Waals surface area contributed by atoms with Crippen LogP contribution in [0.4, 0.5) is 0 Å². The Balaban J connectivity index is 2.37. The van der Waals surface area contributed by atoms with Gasteiger partial charge in [0.2, 0.25) is 0 Å². The second kappa shape index (κ2) is 4.69. The van der Waals surface area contributed by atoms with E-state index >= 15 is 0 Å². The van der Waals surface area contributed by atoms with E-state index in [9.17, 15) is 4.79 Å². The predicted octanol–water partition coefficient (Wildman–Crippen LogP) is 1.84. The molecule has 0 amide bonds. The van der Waals surface area contributed by atoms with Crippen molar-refractivity contribution in [1.29, 1.82) is 0 Å². The molecule has 0 aliphatic heterocycles. The topological polar surface area (TPSA) is 76.2 Å². The Morgan fingerprint density at radius 3 is 2.88 bits per heavy atom. The van der Waals surface area contributed by atoms with Crippen LogP contribution in [0.1, 0.15) is 5.69 Å². The molecular weight excluding hydrogens is 240 g/mol. The number of benzene rings is 1. The van der Waals surface area contributed by atoms with E-state index < -0.39 is 12.0 Å². The molecule has 0 bridgehead atoms. The lowest BCUT2D eigenvalue weighted by molar-refractivity contribution is -0.138. The SMILES string of the molecule is NC(Cc1ccc2cccc(Cl)c2n1)C(=O)O. The average Bonchev–Trinajstić information content (AvgIpc) is 2.30. The molecule has 3 N–H and O–H groups in total. The van der Waals surface area contributed by atoms with Gasteiger partial charge >= 0.3 is 5.97 Å². The molecule has 0 aliphatic carbocycles. The molecule has 4 nitrogen and oxygen atoms in total. The van der Waals surface area contributed by atoms with E-state index in [1.165, 1.54) is 0 Å². The molecule has 88 valence electrons. The molecule has 0 spiro atoms. The molecule has 1 heterocycles. The zero-order valence-electron chi connectivity index (χ0n) is 8.93. The summed E-state index contributed by atoms with van der Waals surface area (Å²) in [4.78, 5) is 15.0. The molecule has 0 saturated heterocycles. The van der Waals surface area contributed by atoms with Crippen molar-refractivity contribution < 1.29 is 9.90 Å². The van der Waals surface area contributed by atoms with E-state index in [2.05, 4.69) is 4.98 Å². The fraction of sp³-hybridized carbons (Fsp3) is 0.167. The van der Waals surface area contributed by atoms with Crippen LogP contribution < -0.4 is 5.73 Å². The summed E-state index contributed by atoms with van der Waals surface area (Å²) < 4.78 is 0. The minimum Gasteiger partial charge on any atom is -0.480 e. The third-order valence-corrected chi connectivity index (χ3v) is 2.78. The summed E-state index contributed by atoms with van der Waals surface area (Å²) in [6.45, 7) is 0. The van der Waals surface area contributed by atoms with Crippen molar-refractivity contribution in [3.8, 4) is 0 Å². The van der Waals surface area contributed by atoms with Crippen molar-refractivity contribution in [2.24, 2.45) is 5.73 Å². The highest BCUT2D eigenvalue weighted by Gasteiger charge is 2.13. The molecule has 2 rings (SSSR count). The lowest BCUT2D eigenvalue weighted by Gasteiger charge is -2.07. The Hall–Kier alpha value is -1.65. The zero-order chi connectivity index (χ0) is 12.4. The van der Waals surface area contributed by atoms with Crippen LogP contribution in [0.3, 0.4) is 0 Å². The predicted molar refractivity (Wildman–Crippen MR) is 66.1 cm³/mol. The van der Waals surface area contributed by atoms with E-state index in [1.54, 1.807) is 12.1 Å². The number of para-hydroxylation sites is 1. The summed E-state index contributed by atoms with van der Waals surface area (Å²) in [6, 6.07) is 8.17.